The van der Waals surface area contributed by atoms with Crippen molar-refractivity contribution in [2.24, 2.45) is 0 Å². The molecule has 0 spiro atoms. The Labute approximate surface area is 156 Å². The van der Waals surface area contributed by atoms with E-state index in [-0.39, 0.29) is 40.8 Å². The molecule has 1 saturated heterocycles. The van der Waals surface area contributed by atoms with Gasteiger partial charge < -0.3 is 15.2 Å². The number of amides is 1. The Bertz CT molecular complexity index is 525. The first-order chi connectivity index (χ1) is 9.88. The monoisotopic (exact) mass is 330 g/mol. The number of carbonyl (C=O) groups excluding carboxylic acids is 2. The predicted octanol–water partition coefficient (Wildman–Crippen LogP) is -3.09. The van der Waals surface area contributed by atoms with E-state index in [1.807, 2.05) is 44.2 Å². The first kappa shape index (κ1) is 19.5. The van der Waals surface area contributed by atoms with Gasteiger partial charge in [0.05, 0.1) is 23.8 Å². The summed E-state index contributed by atoms with van der Waals surface area (Å²) in [5, 5.41) is 16.8. The van der Waals surface area contributed by atoms with Crippen LogP contribution < -0.4 is 45.3 Å². The van der Waals surface area contributed by atoms with E-state index in [0.29, 0.717) is 13.0 Å². The van der Waals surface area contributed by atoms with Crippen molar-refractivity contribution in [3.8, 4) is 0 Å². The molecule has 0 radical (unpaired) electrons. The number of carbonyl (C=O) groups is 2. The van der Waals surface area contributed by atoms with Gasteiger partial charge in [0.1, 0.15) is 0 Å². The number of aliphatic carboxylic acids is 1. The molecule has 114 valence electrons. The zero-order chi connectivity index (χ0) is 15.5. The van der Waals surface area contributed by atoms with Crippen LogP contribution in [0.25, 0.3) is 0 Å². The van der Waals surface area contributed by atoms with E-state index in [0.717, 1.165) is 5.56 Å². The Hall–Kier alpha value is -0.530. The summed E-state index contributed by atoms with van der Waals surface area (Å²) in [7, 11) is 0. The smallest absolute Gasteiger partial charge is 0.548 e. The van der Waals surface area contributed by atoms with E-state index < -0.39 is 16.8 Å². The quantitative estimate of drug-likeness (QED) is 0.560. The van der Waals surface area contributed by atoms with Crippen LogP contribution in [-0.2, 0) is 16.0 Å². The number of nitrogens with one attached hydrogen (secondary N) is 2. The number of rotatable bonds is 5. The molecule has 1 aliphatic rings. The van der Waals surface area contributed by atoms with Crippen LogP contribution in [0, 0.1) is 0 Å². The van der Waals surface area contributed by atoms with Crippen molar-refractivity contribution in [1.82, 2.24) is 10.6 Å². The molecular formula is C15H19N2NaO3S. The van der Waals surface area contributed by atoms with Gasteiger partial charge in [0.25, 0.3) is 0 Å². The van der Waals surface area contributed by atoms with Crippen LogP contribution in [0.4, 0.5) is 0 Å². The zero-order valence-electron chi connectivity index (χ0n) is 13.1. The normalized spacial score (nSPS) is 22.6. The third-order valence-electron chi connectivity index (χ3n) is 3.42. The van der Waals surface area contributed by atoms with Crippen LogP contribution in [0.5, 0.6) is 0 Å². The van der Waals surface area contributed by atoms with Crippen LogP contribution >= 0.6 is 11.8 Å². The number of hydrogen-bond acceptors (Lipinski definition) is 5. The molecule has 1 aromatic carbocycles. The van der Waals surface area contributed by atoms with Gasteiger partial charge in [-0.1, -0.05) is 30.3 Å². The minimum Gasteiger partial charge on any atom is -0.548 e. The molecule has 0 saturated carbocycles. The first-order valence-electron chi connectivity index (χ1n) is 6.84. The molecule has 0 bridgehead atoms. The Balaban J connectivity index is 0.00000242. The van der Waals surface area contributed by atoms with Gasteiger partial charge in [-0.3, -0.25) is 10.1 Å². The first-order valence-corrected chi connectivity index (χ1v) is 7.72. The van der Waals surface area contributed by atoms with Gasteiger partial charge in [-0.2, -0.15) is 0 Å². The molecule has 5 nitrogen and oxygen atoms in total. The minimum atomic E-state index is -1.11. The third kappa shape index (κ3) is 5.28. The Morgan fingerprint density at radius 1 is 1.32 bits per heavy atom. The molecule has 0 aliphatic carbocycles. The van der Waals surface area contributed by atoms with Crippen molar-refractivity contribution in [3.05, 3.63) is 35.9 Å². The maximum atomic E-state index is 11.9. The summed E-state index contributed by atoms with van der Waals surface area (Å²) in [6.45, 7) is 4.11. The maximum absolute atomic E-state index is 11.9. The van der Waals surface area contributed by atoms with E-state index in [9.17, 15) is 14.7 Å². The topological polar surface area (TPSA) is 81.3 Å². The summed E-state index contributed by atoms with van der Waals surface area (Å²) in [4.78, 5) is 22.9. The summed E-state index contributed by atoms with van der Waals surface area (Å²) >= 11 is 1.51. The SMILES string of the molecule is CC1(C)S[C@H](CNC(=O)Cc2ccccc2)N[C@H]1C(=O)[O-].[Na+]. The summed E-state index contributed by atoms with van der Waals surface area (Å²) in [5.41, 5.74) is 0.954. The summed E-state index contributed by atoms with van der Waals surface area (Å²) in [6, 6.07) is 8.78. The van der Waals surface area contributed by atoms with Gasteiger partial charge in [-0.15, -0.1) is 11.8 Å². The molecule has 0 unspecified atom stereocenters. The van der Waals surface area contributed by atoms with E-state index in [2.05, 4.69) is 10.6 Å². The Kier molecular flexibility index (Phi) is 7.41. The fourth-order valence-electron chi connectivity index (χ4n) is 2.36. The predicted molar refractivity (Wildman–Crippen MR) is 80.5 cm³/mol. The van der Waals surface area contributed by atoms with Gasteiger partial charge >= 0.3 is 29.6 Å². The van der Waals surface area contributed by atoms with Crippen LogP contribution in [0.2, 0.25) is 0 Å². The largest absolute Gasteiger partial charge is 1.00 e. The molecule has 7 heteroatoms. The van der Waals surface area contributed by atoms with Crippen LogP contribution in [0.15, 0.2) is 30.3 Å². The van der Waals surface area contributed by atoms with E-state index in [4.69, 9.17) is 0 Å². The van der Waals surface area contributed by atoms with Crippen molar-refractivity contribution < 1.29 is 44.3 Å². The molecular weight excluding hydrogens is 311 g/mol. The molecule has 2 N–H and O–H groups in total. The number of hydrogen-bond donors (Lipinski definition) is 2. The van der Waals surface area contributed by atoms with Gasteiger partial charge in [0.15, 0.2) is 0 Å². The molecule has 1 fully saturated rings. The van der Waals surface area contributed by atoms with Crippen LogP contribution in [0.1, 0.15) is 19.4 Å². The standard InChI is InChI=1S/C15H20N2O3S.Na/c1-15(2)13(14(19)20)17-12(21-15)9-16-11(18)8-10-6-4-3-5-7-10;/h3-7,12-13,17H,8-9H2,1-2H3,(H,16,18)(H,19,20);/q;+1/p-1/t12-,13+;/m1./s1. The van der Waals surface area contributed by atoms with Crippen molar-refractivity contribution in [1.29, 1.82) is 0 Å². The minimum absolute atomic E-state index is 0. The van der Waals surface area contributed by atoms with Crippen molar-refractivity contribution in [2.45, 2.75) is 36.4 Å². The molecule has 1 amide bonds. The number of carboxylic acids is 1. The van der Waals surface area contributed by atoms with Crippen molar-refractivity contribution >= 4 is 23.6 Å². The van der Waals surface area contributed by atoms with Crippen LogP contribution in [-0.4, -0.2) is 34.6 Å². The van der Waals surface area contributed by atoms with Gasteiger partial charge in [0.2, 0.25) is 5.91 Å². The van der Waals surface area contributed by atoms with Crippen molar-refractivity contribution in [3.63, 3.8) is 0 Å². The molecule has 1 aliphatic heterocycles. The number of benzene rings is 1. The Morgan fingerprint density at radius 2 is 1.95 bits per heavy atom. The Morgan fingerprint density at radius 3 is 2.50 bits per heavy atom. The summed E-state index contributed by atoms with van der Waals surface area (Å²) < 4.78 is -0.451. The van der Waals surface area contributed by atoms with E-state index in [1.54, 1.807) is 0 Å². The van der Waals surface area contributed by atoms with Crippen LogP contribution in [0.3, 0.4) is 0 Å². The second-order valence-electron chi connectivity index (χ2n) is 5.60. The van der Waals surface area contributed by atoms with E-state index >= 15 is 0 Å². The van der Waals surface area contributed by atoms with Crippen molar-refractivity contribution in [2.75, 3.05) is 6.54 Å². The molecule has 22 heavy (non-hydrogen) atoms. The van der Waals surface area contributed by atoms with Gasteiger partial charge in [-0.25, -0.2) is 0 Å². The summed E-state index contributed by atoms with van der Waals surface area (Å²) in [5.74, 6) is -1.18. The average Bonchev–Trinajstić information content (AvgIpc) is 2.73. The zero-order valence-corrected chi connectivity index (χ0v) is 15.9. The van der Waals surface area contributed by atoms with Gasteiger partial charge in [0, 0.05) is 11.3 Å². The second-order valence-corrected chi connectivity index (χ2v) is 7.45. The maximum Gasteiger partial charge on any atom is 1.00 e. The third-order valence-corrected chi connectivity index (χ3v) is 4.85. The molecule has 0 aromatic heterocycles. The molecule has 1 heterocycles. The van der Waals surface area contributed by atoms with Gasteiger partial charge in [-0.05, 0) is 19.4 Å². The average molecular weight is 330 g/mol. The fourth-order valence-corrected chi connectivity index (χ4v) is 3.76. The number of carboxylic acid groups (broad SMARTS) is 1. The molecule has 2 rings (SSSR count). The molecule has 2 atom stereocenters. The second kappa shape index (κ2) is 8.36. The summed E-state index contributed by atoms with van der Waals surface area (Å²) in [6.07, 6.45) is 0.325. The number of thioether (sulfide) groups is 1. The molecule has 1 aromatic rings. The van der Waals surface area contributed by atoms with E-state index in [1.165, 1.54) is 11.8 Å². The fraction of sp³-hybridized carbons (Fsp3) is 0.467.